The monoisotopic (exact) mass is 468 g/mol. The highest BCUT2D eigenvalue weighted by Crippen LogP contribution is 2.25. The van der Waals surface area contributed by atoms with Gasteiger partial charge in [0, 0.05) is 25.2 Å². The molecule has 0 saturated carbocycles. The predicted molar refractivity (Wildman–Crippen MR) is 140 cm³/mol. The van der Waals surface area contributed by atoms with E-state index in [4.69, 9.17) is 9.84 Å². The molecular formula is C29H32N4O2. The molecule has 1 amide bonds. The molecular weight excluding hydrogens is 436 g/mol. The van der Waals surface area contributed by atoms with Crippen molar-refractivity contribution in [2.45, 2.75) is 13.5 Å². The van der Waals surface area contributed by atoms with E-state index in [2.05, 4.69) is 17.0 Å². The zero-order chi connectivity index (χ0) is 24.8. The van der Waals surface area contributed by atoms with Gasteiger partial charge in [0.2, 0.25) is 0 Å². The average Bonchev–Trinajstić information content (AvgIpc) is 3.32. The molecule has 0 bridgehead atoms. The van der Waals surface area contributed by atoms with Crippen LogP contribution in [0.4, 0.5) is 0 Å². The van der Waals surface area contributed by atoms with Gasteiger partial charge in [0.1, 0.15) is 11.4 Å². The van der Waals surface area contributed by atoms with Crippen molar-refractivity contribution in [1.82, 2.24) is 19.6 Å². The molecule has 3 aromatic carbocycles. The number of amides is 1. The van der Waals surface area contributed by atoms with Crippen molar-refractivity contribution >= 4 is 5.91 Å². The second-order valence-electron chi connectivity index (χ2n) is 8.91. The summed E-state index contributed by atoms with van der Waals surface area (Å²) in [5.41, 5.74) is 5.27. The number of likely N-dealkylation sites (N-methyl/N-ethyl adjacent to an activating group) is 1. The van der Waals surface area contributed by atoms with Crippen molar-refractivity contribution in [3.05, 3.63) is 102 Å². The second kappa shape index (κ2) is 11.0. The number of carbonyl (C=O) groups is 1. The van der Waals surface area contributed by atoms with Crippen LogP contribution in [0.2, 0.25) is 0 Å². The molecule has 4 aromatic rings. The van der Waals surface area contributed by atoms with Crippen molar-refractivity contribution in [2.75, 3.05) is 34.3 Å². The van der Waals surface area contributed by atoms with Crippen LogP contribution in [0, 0.1) is 6.92 Å². The highest BCUT2D eigenvalue weighted by atomic mass is 16.5. The molecule has 0 radical (unpaired) electrons. The Hall–Kier alpha value is -3.90. The van der Waals surface area contributed by atoms with Gasteiger partial charge >= 0.3 is 0 Å². The smallest absolute Gasteiger partial charge is 0.272 e. The van der Waals surface area contributed by atoms with Crippen LogP contribution in [0.1, 0.15) is 21.6 Å². The van der Waals surface area contributed by atoms with Crippen molar-refractivity contribution in [1.29, 1.82) is 0 Å². The quantitative estimate of drug-likeness (QED) is 0.345. The maximum atomic E-state index is 14.0. The van der Waals surface area contributed by atoms with Gasteiger partial charge in [0.25, 0.3) is 5.91 Å². The first-order chi connectivity index (χ1) is 16.9. The van der Waals surface area contributed by atoms with E-state index in [1.165, 1.54) is 0 Å². The van der Waals surface area contributed by atoms with E-state index in [1.807, 2.05) is 98.7 Å². The Morgan fingerprint density at radius 2 is 1.66 bits per heavy atom. The van der Waals surface area contributed by atoms with Gasteiger partial charge in [-0.2, -0.15) is 5.10 Å². The van der Waals surface area contributed by atoms with Crippen LogP contribution >= 0.6 is 0 Å². The summed E-state index contributed by atoms with van der Waals surface area (Å²) in [4.78, 5) is 18.0. The standard InChI is InChI=1S/C29H32N4O2/c1-22-9-8-12-25(19-22)33-28(20-27(30-33)24-13-15-26(35-4)16-14-24)29(34)32(18-17-31(2)3)21-23-10-6-5-7-11-23/h5-16,19-20H,17-18,21H2,1-4H3. The molecule has 1 heterocycles. The molecule has 0 aliphatic rings. The summed E-state index contributed by atoms with van der Waals surface area (Å²) < 4.78 is 7.06. The molecule has 6 heteroatoms. The Morgan fingerprint density at radius 1 is 0.914 bits per heavy atom. The number of carbonyl (C=O) groups excluding carboxylic acids is 1. The molecule has 0 atom stereocenters. The summed E-state index contributed by atoms with van der Waals surface area (Å²) in [6, 6.07) is 27.8. The largest absolute Gasteiger partial charge is 0.497 e. The molecule has 35 heavy (non-hydrogen) atoms. The fraction of sp³-hybridized carbons (Fsp3) is 0.241. The molecule has 6 nitrogen and oxygen atoms in total. The van der Waals surface area contributed by atoms with E-state index in [0.29, 0.717) is 18.8 Å². The molecule has 0 aliphatic carbocycles. The first kappa shape index (κ1) is 24.2. The highest BCUT2D eigenvalue weighted by molar-refractivity contribution is 5.94. The minimum Gasteiger partial charge on any atom is -0.497 e. The number of hydrogen-bond donors (Lipinski definition) is 0. The Morgan fingerprint density at radius 3 is 2.31 bits per heavy atom. The Kier molecular flexibility index (Phi) is 7.63. The van der Waals surface area contributed by atoms with Crippen LogP contribution in [0.25, 0.3) is 16.9 Å². The van der Waals surface area contributed by atoms with Gasteiger partial charge in [-0.25, -0.2) is 4.68 Å². The highest BCUT2D eigenvalue weighted by Gasteiger charge is 2.23. The van der Waals surface area contributed by atoms with Gasteiger partial charge in [-0.3, -0.25) is 4.79 Å². The Balaban J connectivity index is 1.76. The maximum Gasteiger partial charge on any atom is 0.272 e. The van der Waals surface area contributed by atoms with Gasteiger partial charge < -0.3 is 14.5 Å². The molecule has 0 aliphatic heterocycles. The molecule has 0 unspecified atom stereocenters. The molecule has 0 saturated heterocycles. The summed E-state index contributed by atoms with van der Waals surface area (Å²) in [5, 5.41) is 4.87. The van der Waals surface area contributed by atoms with Crippen LogP contribution in [-0.2, 0) is 6.54 Å². The van der Waals surface area contributed by atoms with Crippen molar-refractivity contribution < 1.29 is 9.53 Å². The number of methoxy groups -OCH3 is 1. The van der Waals surface area contributed by atoms with Gasteiger partial charge in [0.15, 0.2) is 0 Å². The molecule has 0 spiro atoms. The first-order valence-corrected chi connectivity index (χ1v) is 11.7. The number of nitrogens with zero attached hydrogens (tertiary/aromatic N) is 4. The van der Waals surface area contributed by atoms with Gasteiger partial charge in [-0.15, -0.1) is 0 Å². The SMILES string of the molecule is COc1ccc(-c2cc(C(=O)N(CCN(C)C)Cc3ccccc3)n(-c3cccc(C)c3)n2)cc1. The van der Waals surface area contributed by atoms with E-state index < -0.39 is 0 Å². The van der Waals surface area contributed by atoms with E-state index >= 15 is 0 Å². The normalized spacial score (nSPS) is 11.0. The Bertz CT molecular complexity index is 1260. The zero-order valence-electron chi connectivity index (χ0n) is 20.8. The van der Waals surface area contributed by atoms with Crippen LogP contribution in [0.3, 0.4) is 0 Å². The number of ether oxygens (including phenoxy) is 1. The average molecular weight is 469 g/mol. The van der Waals surface area contributed by atoms with Gasteiger partial charge in [-0.1, -0.05) is 42.5 Å². The van der Waals surface area contributed by atoms with Crippen molar-refractivity contribution in [3.8, 4) is 22.7 Å². The lowest BCUT2D eigenvalue weighted by Gasteiger charge is -2.25. The number of aromatic nitrogens is 2. The topological polar surface area (TPSA) is 50.6 Å². The molecule has 0 N–H and O–H groups in total. The minimum absolute atomic E-state index is 0.0514. The fourth-order valence-electron chi connectivity index (χ4n) is 3.93. The van der Waals surface area contributed by atoms with Crippen molar-refractivity contribution in [3.63, 3.8) is 0 Å². The summed E-state index contributed by atoms with van der Waals surface area (Å²) >= 11 is 0. The summed E-state index contributed by atoms with van der Waals surface area (Å²) in [6.45, 7) is 3.95. The van der Waals surface area contributed by atoms with E-state index in [0.717, 1.165) is 40.4 Å². The lowest BCUT2D eigenvalue weighted by Crippen LogP contribution is -2.37. The zero-order valence-corrected chi connectivity index (χ0v) is 20.8. The summed E-state index contributed by atoms with van der Waals surface area (Å²) in [5.74, 6) is 0.727. The van der Waals surface area contributed by atoms with Crippen molar-refractivity contribution in [2.24, 2.45) is 0 Å². The number of aryl methyl sites for hydroxylation is 1. The fourth-order valence-corrected chi connectivity index (χ4v) is 3.93. The van der Waals surface area contributed by atoms with Crippen LogP contribution < -0.4 is 4.74 Å². The molecule has 1 aromatic heterocycles. The van der Waals surface area contributed by atoms with E-state index in [-0.39, 0.29) is 5.91 Å². The van der Waals surface area contributed by atoms with E-state index in [9.17, 15) is 4.79 Å². The third kappa shape index (κ3) is 5.97. The number of hydrogen-bond acceptors (Lipinski definition) is 4. The number of rotatable bonds is 9. The lowest BCUT2D eigenvalue weighted by molar-refractivity contribution is 0.0722. The molecule has 0 fully saturated rings. The molecule has 4 rings (SSSR count). The van der Waals surface area contributed by atoms with E-state index in [1.54, 1.807) is 11.8 Å². The first-order valence-electron chi connectivity index (χ1n) is 11.7. The third-order valence-corrected chi connectivity index (χ3v) is 5.88. The third-order valence-electron chi connectivity index (χ3n) is 5.88. The minimum atomic E-state index is -0.0514. The van der Waals surface area contributed by atoms with Gasteiger partial charge in [0.05, 0.1) is 18.5 Å². The predicted octanol–water partition coefficient (Wildman–Crippen LogP) is 5.06. The van der Waals surface area contributed by atoms with Crippen LogP contribution in [0.5, 0.6) is 5.75 Å². The second-order valence-corrected chi connectivity index (χ2v) is 8.91. The number of benzene rings is 3. The van der Waals surface area contributed by atoms with Crippen LogP contribution in [-0.4, -0.2) is 59.8 Å². The van der Waals surface area contributed by atoms with Gasteiger partial charge in [-0.05, 0) is 74.6 Å². The Labute approximate surface area is 207 Å². The maximum absolute atomic E-state index is 14.0. The molecule has 180 valence electrons. The lowest BCUT2D eigenvalue weighted by atomic mass is 10.1. The summed E-state index contributed by atoms with van der Waals surface area (Å²) in [7, 11) is 5.68. The summed E-state index contributed by atoms with van der Waals surface area (Å²) in [6.07, 6.45) is 0. The van der Waals surface area contributed by atoms with Crippen LogP contribution in [0.15, 0.2) is 84.9 Å².